The van der Waals surface area contributed by atoms with Gasteiger partial charge in [-0.25, -0.2) is 9.59 Å². The summed E-state index contributed by atoms with van der Waals surface area (Å²) in [4.78, 5) is 36.9. The van der Waals surface area contributed by atoms with Gasteiger partial charge in [0.2, 0.25) is 0 Å². The highest BCUT2D eigenvalue weighted by atomic mass is 35.5. The van der Waals surface area contributed by atoms with E-state index in [4.69, 9.17) is 16.7 Å². The predicted octanol–water partition coefficient (Wildman–Crippen LogP) is 5.27. The zero-order valence-electron chi connectivity index (χ0n) is 16.6. The second-order valence-corrected chi connectivity index (χ2v) is 8.44. The summed E-state index contributed by atoms with van der Waals surface area (Å²) in [6.45, 7) is 1.72. The number of carbonyl (C=O) groups is 3. The van der Waals surface area contributed by atoms with Gasteiger partial charge in [0.25, 0.3) is 5.91 Å². The van der Waals surface area contributed by atoms with Crippen molar-refractivity contribution in [3.05, 3.63) is 81.2 Å². The van der Waals surface area contributed by atoms with E-state index in [1.807, 2.05) is 12.1 Å². The first kappa shape index (κ1) is 21.5. The topological polar surface area (TPSA) is 107 Å². The number of thiophene rings is 1. The first-order valence-electron chi connectivity index (χ1n) is 9.33. The molecule has 32 heavy (non-hydrogen) atoms. The zero-order chi connectivity index (χ0) is 23.0. The Morgan fingerprint density at radius 2 is 1.75 bits per heavy atom. The number of benzene rings is 2. The molecule has 0 radical (unpaired) electrons. The SMILES string of the molecule is CC1=NN(c2ccc(C(=O)O)cc2)C(=O)C1=Cc1ccc(-c2ccc(Cl)c(C(=O)O)c2)s1. The van der Waals surface area contributed by atoms with E-state index in [0.29, 0.717) is 22.5 Å². The summed E-state index contributed by atoms with van der Waals surface area (Å²) in [6, 6.07) is 14.4. The van der Waals surface area contributed by atoms with Crippen LogP contribution >= 0.6 is 22.9 Å². The van der Waals surface area contributed by atoms with Crippen molar-refractivity contribution in [3.8, 4) is 10.4 Å². The van der Waals surface area contributed by atoms with Gasteiger partial charge in [0.15, 0.2) is 0 Å². The van der Waals surface area contributed by atoms with Gasteiger partial charge in [0, 0.05) is 9.75 Å². The molecule has 0 saturated heterocycles. The lowest BCUT2D eigenvalue weighted by molar-refractivity contribution is -0.114. The van der Waals surface area contributed by atoms with Crippen LogP contribution in [0.5, 0.6) is 0 Å². The van der Waals surface area contributed by atoms with E-state index in [9.17, 15) is 19.5 Å². The number of carbonyl (C=O) groups excluding carboxylic acids is 1. The van der Waals surface area contributed by atoms with Crippen LogP contribution in [0.25, 0.3) is 16.5 Å². The van der Waals surface area contributed by atoms with Crippen LogP contribution in [0.3, 0.4) is 0 Å². The third kappa shape index (κ3) is 4.05. The van der Waals surface area contributed by atoms with Gasteiger partial charge in [-0.05, 0) is 67.1 Å². The molecular weight excluding hydrogens is 452 g/mol. The molecule has 0 saturated carbocycles. The average molecular weight is 467 g/mol. The molecule has 4 rings (SSSR count). The van der Waals surface area contributed by atoms with Crippen molar-refractivity contribution < 1.29 is 24.6 Å². The summed E-state index contributed by atoms with van der Waals surface area (Å²) in [6.07, 6.45) is 1.73. The van der Waals surface area contributed by atoms with Crippen molar-refractivity contribution in [2.45, 2.75) is 6.92 Å². The molecule has 9 heteroatoms. The highest BCUT2D eigenvalue weighted by molar-refractivity contribution is 7.16. The van der Waals surface area contributed by atoms with Crippen molar-refractivity contribution in [1.82, 2.24) is 0 Å². The number of carboxylic acid groups (broad SMARTS) is 2. The summed E-state index contributed by atoms with van der Waals surface area (Å²) in [5.74, 6) is -2.47. The normalized spacial score (nSPS) is 14.7. The smallest absolute Gasteiger partial charge is 0.337 e. The maximum absolute atomic E-state index is 12.9. The van der Waals surface area contributed by atoms with E-state index >= 15 is 0 Å². The Hall–Kier alpha value is -3.75. The summed E-state index contributed by atoms with van der Waals surface area (Å²) in [5, 5.41) is 24.0. The van der Waals surface area contributed by atoms with Crippen molar-refractivity contribution >= 4 is 58.3 Å². The largest absolute Gasteiger partial charge is 0.478 e. The lowest BCUT2D eigenvalue weighted by Crippen LogP contribution is -2.21. The minimum absolute atomic E-state index is 0.0241. The number of rotatable bonds is 5. The van der Waals surface area contributed by atoms with E-state index < -0.39 is 11.9 Å². The molecule has 0 unspecified atom stereocenters. The molecule has 160 valence electrons. The minimum atomic E-state index is -1.10. The summed E-state index contributed by atoms with van der Waals surface area (Å²) in [7, 11) is 0. The van der Waals surface area contributed by atoms with Crippen molar-refractivity contribution in [2.75, 3.05) is 5.01 Å². The number of aromatic carboxylic acids is 2. The average Bonchev–Trinajstić information content (AvgIpc) is 3.34. The van der Waals surface area contributed by atoms with Crippen LogP contribution in [-0.4, -0.2) is 33.8 Å². The number of amides is 1. The quantitative estimate of drug-likeness (QED) is 0.498. The maximum atomic E-state index is 12.9. The number of halogens is 1. The Labute approximate surface area is 191 Å². The second-order valence-electron chi connectivity index (χ2n) is 6.91. The van der Waals surface area contributed by atoms with E-state index in [1.54, 1.807) is 25.1 Å². The van der Waals surface area contributed by atoms with Crippen molar-refractivity contribution in [3.63, 3.8) is 0 Å². The van der Waals surface area contributed by atoms with Crippen LogP contribution < -0.4 is 5.01 Å². The number of nitrogens with zero attached hydrogens (tertiary/aromatic N) is 2. The first-order valence-corrected chi connectivity index (χ1v) is 10.5. The third-order valence-corrected chi connectivity index (χ3v) is 6.23. The molecule has 0 atom stereocenters. The predicted molar refractivity (Wildman–Crippen MR) is 124 cm³/mol. The highest BCUT2D eigenvalue weighted by Crippen LogP contribution is 2.33. The van der Waals surface area contributed by atoms with Crippen LogP contribution in [0, 0.1) is 0 Å². The number of hydrazone groups is 1. The van der Waals surface area contributed by atoms with Gasteiger partial charge in [-0.2, -0.15) is 10.1 Å². The lowest BCUT2D eigenvalue weighted by atomic mass is 10.1. The molecule has 1 amide bonds. The summed E-state index contributed by atoms with van der Waals surface area (Å²) in [5.41, 5.74) is 2.28. The van der Waals surface area contributed by atoms with Gasteiger partial charge in [0.1, 0.15) is 0 Å². The molecule has 2 N–H and O–H groups in total. The van der Waals surface area contributed by atoms with Gasteiger partial charge in [0.05, 0.1) is 33.1 Å². The zero-order valence-corrected chi connectivity index (χ0v) is 18.1. The summed E-state index contributed by atoms with van der Waals surface area (Å²) < 4.78 is 0. The minimum Gasteiger partial charge on any atom is -0.478 e. The van der Waals surface area contributed by atoms with Crippen LogP contribution in [0.1, 0.15) is 32.5 Å². The standard InChI is InChI=1S/C23H15ClN2O5S/c1-12-17(21(27)26(25-12)15-5-2-13(3-6-15)22(28)29)11-16-7-9-20(32-16)14-4-8-19(24)18(10-14)23(30)31/h2-11H,1H3,(H,28,29)(H,30,31). The molecule has 0 spiro atoms. The van der Waals surface area contributed by atoms with Gasteiger partial charge in [-0.1, -0.05) is 17.7 Å². The number of hydrogen-bond acceptors (Lipinski definition) is 5. The molecule has 0 aliphatic carbocycles. The second kappa shape index (κ2) is 8.41. The van der Waals surface area contributed by atoms with Gasteiger partial charge >= 0.3 is 11.9 Å². The molecule has 2 aromatic carbocycles. The number of hydrogen-bond donors (Lipinski definition) is 2. The molecule has 0 fully saturated rings. The Morgan fingerprint density at radius 1 is 1.03 bits per heavy atom. The van der Waals surface area contributed by atoms with E-state index in [1.165, 1.54) is 46.7 Å². The molecule has 7 nitrogen and oxygen atoms in total. The Morgan fingerprint density at radius 3 is 2.41 bits per heavy atom. The molecule has 3 aromatic rings. The summed E-state index contributed by atoms with van der Waals surface area (Å²) >= 11 is 7.35. The van der Waals surface area contributed by atoms with Crippen LogP contribution in [0.2, 0.25) is 5.02 Å². The molecule has 1 aliphatic rings. The number of anilines is 1. The highest BCUT2D eigenvalue weighted by Gasteiger charge is 2.29. The third-order valence-electron chi connectivity index (χ3n) is 4.82. The maximum Gasteiger partial charge on any atom is 0.337 e. The fraction of sp³-hybridized carbons (Fsp3) is 0.0435. The van der Waals surface area contributed by atoms with Gasteiger partial charge in [-0.15, -0.1) is 11.3 Å². The monoisotopic (exact) mass is 466 g/mol. The Bertz CT molecular complexity index is 1320. The van der Waals surface area contributed by atoms with Gasteiger partial charge in [-0.3, -0.25) is 4.79 Å². The van der Waals surface area contributed by atoms with Gasteiger partial charge < -0.3 is 10.2 Å². The van der Waals surface area contributed by atoms with Crippen LogP contribution in [0.4, 0.5) is 5.69 Å². The molecular formula is C23H15ClN2O5S. The Kier molecular flexibility index (Phi) is 5.65. The van der Waals surface area contributed by atoms with E-state index in [2.05, 4.69) is 5.10 Å². The molecule has 1 aromatic heterocycles. The molecule has 1 aliphatic heterocycles. The van der Waals surface area contributed by atoms with Crippen LogP contribution in [-0.2, 0) is 4.79 Å². The van der Waals surface area contributed by atoms with Crippen LogP contribution in [0.15, 0.2) is 65.3 Å². The Balaban J connectivity index is 1.60. The fourth-order valence-electron chi connectivity index (χ4n) is 3.17. The number of carboxylic acids is 2. The first-order chi connectivity index (χ1) is 15.2. The molecule has 0 bridgehead atoms. The lowest BCUT2D eigenvalue weighted by Gasteiger charge is -2.11. The van der Waals surface area contributed by atoms with E-state index in [-0.39, 0.29) is 22.1 Å². The van der Waals surface area contributed by atoms with Crippen molar-refractivity contribution in [1.29, 1.82) is 0 Å². The molecule has 2 heterocycles. The van der Waals surface area contributed by atoms with E-state index in [0.717, 1.165) is 9.75 Å². The fourth-order valence-corrected chi connectivity index (χ4v) is 4.32. The van der Waals surface area contributed by atoms with Crippen molar-refractivity contribution in [2.24, 2.45) is 5.10 Å².